The van der Waals surface area contributed by atoms with Gasteiger partial charge in [-0.1, -0.05) is 35.6 Å². The Balaban J connectivity index is 1.86. The number of fused-ring (bicyclic) bond motifs is 1. The number of para-hydroxylation sites is 1. The van der Waals surface area contributed by atoms with Crippen LogP contribution in [0.1, 0.15) is 6.42 Å². The highest BCUT2D eigenvalue weighted by atomic mass is 32.1. The second-order valence-electron chi connectivity index (χ2n) is 5.88. The average Bonchev–Trinajstić information content (AvgIpc) is 3.04. The number of rotatable bonds is 8. The van der Waals surface area contributed by atoms with Crippen LogP contribution in [0.25, 0.3) is 10.2 Å². The van der Waals surface area contributed by atoms with Crippen molar-refractivity contribution < 1.29 is 19.0 Å². The van der Waals surface area contributed by atoms with E-state index in [1.54, 1.807) is 20.3 Å². The Labute approximate surface area is 167 Å². The van der Waals surface area contributed by atoms with Crippen LogP contribution in [0, 0.1) is 0 Å². The van der Waals surface area contributed by atoms with Crippen molar-refractivity contribution in [2.24, 2.45) is 4.99 Å². The van der Waals surface area contributed by atoms with E-state index in [4.69, 9.17) is 14.2 Å². The molecule has 0 unspecified atom stereocenters. The Bertz CT molecular complexity index is 1040. The number of thiazole rings is 1. The summed E-state index contributed by atoms with van der Waals surface area (Å²) in [6.45, 7) is 4.61. The second kappa shape index (κ2) is 9.23. The number of benzene rings is 2. The molecule has 6 nitrogen and oxygen atoms in total. The maximum Gasteiger partial charge on any atom is 0.251 e. The van der Waals surface area contributed by atoms with Crippen molar-refractivity contribution in [3.05, 3.63) is 59.9 Å². The van der Waals surface area contributed by atoms with Gasteiger partial charge in [-0.3, -0.25) is 4.79 Å². The molecule has 7 heteroatoms. The van der Waals surface area contributed by atoms with Gasteiger partial charge in [0.25, 0.3) is 5.91 Å². The van der Waals surface area contributed by atoms with Gasteiger partial charge in [0.1, 0.15) is 5.75 Å². The zero-order valence-corrected chi connectivity index (χ0v) is 16.7. The highest BCUT2D eigenvalue weighted by molar-refractivity contribution is 7.16. The normalized spacial score (nSPS) is 11.4. The van der Waals surface area contributed by atoms with Crippen LogP contribution in [-0.4, -0.2) is 31.3 Å². The van der Waals surface area contributed by atoms with Crippen molar-refractivity contribution in [3.8, 4) is 17.2 Å². The molecule has 0 spiro atoms. The van der Waals surface area contributed by atoms with Gasteiger partial charge in [0.2, 0.25) is 0 Å². The van der Waals surface area contributed by atoms with E-state index in [9.17, 15) is 4.79 Å². The summed E-state index contributed by atoms with van der Waals surface area (Å²) in [5.74, 6) is 1.76. The van der Waals surface area contributed by atoms with Crippen molar-refractivity contribution in [2.75, 3.05) is 20.8 Å². The number of allylic oxidation sites excluding steroid dienone is 1. The van der Waals surface area contributed by atoms with Gasteiger partial charge in [-0.2, -0.15) is 4.99 Å². The molecule has 1 aromatic heterocycles. The summed E-state index contributed by atoms with van der Waals surface area (Å²) < 4.78 is 19.2. The minimum Gasteiger partial charge on any atom is -0.493 e. The van der Waals surface area contributed by atoms with Gasteiger partial charge in [0, 0.05) is 18.7 Å². The predicted molar refractivity (Wildman–Crippen MR) is 110 cm³/mol. The first-order valence-corrected chi connectivity index (χ1v) is 9.59. The molecule has 146 valence electrons. The summed E-state index contributed by atoms with van der Waals surface area (Å²) in [4.78, 5) is 17.3. The lowest BCUT2D eigenvalue weighted by atomic mass is 10.3. The number of nitrogens with zero attached hydrogens (tertiary/aromatic N) is 2. The van der Waals surface area contributed by atoms with Crippen LogP contribution in [0.3, 0.4) is 0 Å². The Morgan fingerprint density at radius 2 is 1.89 bits per heavy atom. The third-order valence-corrected chi connectivity index (χ3v) is 5.09. The molecule has 28 heavy (non-hydrogen) atoms. The lowest BCUT2D eigenvalue weighted by molar-refractivity contribution is -0.118. The Morgan fingerprint density at radius 3 is 2.57 bits per heavy atom. The van der Waals surface area contributed by atoms with Gasteiger partial charge < -0.3 is 18.8 Å². The van der Waals surface area contributed by atoms with Crippen LogP contribution >= 0.6 is 11.3 Å². The topological polar surface area (TPSA) is 62.1 Å². The van der Waals surface area contributed by atoms with Gasteiger partial charge in [-0.05, 0) is 12.1 Å². The molecular formula is C21H22N2O4S. The highest BCUT2D eigenvalue weighted by Gasteiger charge is 2.12. The van der Waals surface area contributed by atoms with E-state index >= 15 is 0 Å². The van der Waals surface area contributed by atoms with Gasteiger partial charge in [-0.25, -0.2) is 0 Å². The van der Waals surface area contributed by atoms with Crippen molar-refractivity contribution in [1.29, 1.82) is 0 Å². The van der Waals surface area contributed by atoms with E-state index in [0.29, 0.717) is 22.8 Å². The fraction of sp³-hybridized carbons (Fsp3) is 0.238. The standard InChI is InChI=1S/C21H22N2O4S/c1-4-11-23-16-13-17(25-2)18(26-3)14-19(16)28-21(23)22-20(24)10-12-27-15-8-6-5-7-9-15/h4-9,13-14H,1,10-12H2,2-3H3. The number of carbonyl (C=O) groups is 1. The summed E-state index contributed by atoms with van der Waals surface area (Å²) in [5.41, 5.74) is 0.912. The third-order valence-electron chi connectivity index (χ3n) is 4.05. The van der Waals surface area contributed by atoms with Crippen LogP contribution in [0.2, 0.25) is 0 Å². The summed E-state index contributed by atoms with van der Waals surface area (Å²) in [7, 11) is 3.19. The first-order valence-electron chi connectivity index (χ1n) is 8.78. The number of amides is 1. The zero-order valence-electron chi connectivity index (χ0n) is 15.9. The summed E-state index contributed by atoms with van der Waals surface area (Å²) in [6.07, 6.45) is 1.97. The quantitative estimate of drug-likeness (QED) is 0.542. The van der Waals surface area contributed by atoms with Gasteiger partial charge in [-0.15, -0.1) is 6.58 Å². The summed E-state index contributed by atoms with van der Waals surface area (Å²) in [6, 6.07) is 13.2. The molecule has 1 heterocycles. The number of carbonyl (C=O) groups excluding carboxylic acids is 1. The van der Waals surface area contributed by atoms with Crippen LogP contribution in [0.15, 0.2) is 60.1 Å². The number of aromatic nitrogens is 1. The summed E-state index contributed by atoms with van der Waals surface area (Å²) in [5, 5.41) is 0. The van der Waals surface area contributed by atoms with E-state index in [1.807, 2.05) is 47.0 Å². The SMILES string of the molecule is C=CCn1c(=NC(=O)CCOc2ccccc2)sc2cc(OC)c(OC)cc21. The fourth-order valence-electron chi connectivity index (χ4n) is 2.72. The smallest absolute Gasteiger partial charge is 0.251 e. The molecule has 0 aliphatic rings. The van der Waals surface area contributed by atoms with Crippen molar-refractivity contribution in [2.45, 2.75) is 13.0 Å². The molecule has 2 aromatic carbocycles. The van der Waals surface area contributed by atoms with Gasteiger partial charge in [0.15, 0.2) is 16.3 Å². The molecule has 0 bridgehead atoms. The molecule has 0 radical (unpaired) electrons. The molecule has 0 fully saturated rings. The predicted octanol–water partition coefficient (Wildman–Crippen LogP) is 3.80. The zero-order chi connectivity index (χ0) is 19.9. The molecule has 3 aromatic rings. The maximum atomic E-state index is 12.4. The third kappa shape index (κ3) is 4.43. The number of ether oxygens (including phenoxy) is 3. The minimum atomic E-state index is -0.237. The number of methoxy groups -OCH3 is 2. The monoisotopic (exact) mass is 398 g/mol. The Morgan fingerprint density at radius 1 is 1.18 bits per heavy atom. The Kier molecular flexibility index (Phi) is 6.49. The fourth-order valence-corrected chi connectivity index (χ4v) is 3.79. The molecule has 0 N–H and O–H groups in total. The van der Waals surface area contributed by atoms with Gasteiger partial charge in [0.05, 0.1) is 37.5 Å². The number of hydrogen-bond donors (Lipinski definition) is 0. The lowest BCUT2D eigenvalue weighted by Crippen LogP contribution is -2.17. The van der Waals surface area contributed by atoms with Crippen LogP contribution in [-0.2, 0) is 11.3 Å². The summed E-state index contributed by atoms with van der Waals surface area (Å²) >= 11 is 1.42. The van der Waals surface area contributed by atoms with E-state index < -0.39 is 0 Å². The molecule has 3 rings (SSSR count). The van der Waals surface area contributed by atoms with E-state index in [2.05, 4.69) is 11.6 Å². The Hall–Kier alpha value is -3.06. The molecular weight excluding hydrogens is 376 g/mol. The average molecular weight is 398 g/mol. The highest BCUT2D eigenvalue weighted by Crippen LogP contribution is 2.33. The number of hydrogen-bond acceptors (Lipinski definition) is 5. The molecule has 1 amide bonds. The lowest BCUT2D eigenvalue weighted by Gasteiger charge is -2.08. The molecule has 0 aliphatic heterocycles. The minimum absolute atomic E-state index is 0.198. The van der Waals surface area contributed by atoms with Gasteiger partial charge >= 0.3 is 0 Å². The van der Waals surface area contributed by atoms with Crippen LogP contribution in [0.5, 0.6) is 17.2 Å². The second-order valence-corrected chi connectivity index (χ2v) is 6.88. The molecule has 0 saturated heterocycles. The van der Waals surface area contributed by atoms with E-state index in [-0.39, 0.29) is 18.9 Å². The molecule has 0 atom stereocenters. The van der Waals surface area contributed by atoms with Crippen molar-refractivity contribution in [1.82, 2.24) is 4.57 Å². The first kappa shape index (κ1) is 19.7. The first-order chi connectivity index (χ1) is 13.7. The van der Waals surface area contributed by atoms with E-state index in [1.165, 1.54) is 11.3 Å². The largest absolute Gasteiger partial charge is 0.493 e. The molecule has 0 aliphatic carbocycles. The van der Waals surface area contributed by atoms with Crippen LogP contribution < -0.4 is 19.0 Å². The van der Waals surface area contributed by atoms with Crippen LogP contribution in [0.4, 0.5) is 0 Å². The maximum absolute atomic E-state index is 12.4. The van der Waals surface area contributed by atoms with E-state index in [0.717, 1.165) is 16.0 Å². The van der Waals surface area contributed by atoms with Crippen molar-refractivity contribution in [3.63, 3.8) is 0 Å². The molecule has 0 saturated carbocycles. The van der Waals surface area contributed by atoms with Crippen molar-refractivity contribution >= 4 is 27.5 Å².